The molecule has 2 aromatic rings. The number of methoxy groups -OCH3 is 1. The molecule has 0 saturated carbocycles. The van der Waals surface area contributed by atoms with Crippen molar-refractivity contribution in [2.24, 2.45) is 4.99 Å². The molecule has 2 N–H and O–H groups in total. The highest BCUT2D eigenvalue weighted by atomic mass is 127. The molecule has 1 unspecified atom stereocenters. The maximum Gasteiger partial charge on any atom is 0.239 e. The maximum absolute atomic E-state index is 12.1. The van der Waals surface area contributed by atoms with Crippen molar-refractivity contribution in [3.63, 3.8) is 0 Å². The van der Waals surface area contributed by atoms with Crippen molar-refractivity contribution < 1.29 is 9.53 Å². The molecule has 0 saturated heterocycles. The number of hydrogen-bond donors (Lipinski definition) is 2. The standard InChI is InChI=1S/C20H29N5O2S.HI/c1-15(27-4)19-24-17(14-28-19)13-25(3)20(21-2)23-12-18(26)22-11-10-16-8-6-5-7-9-16;/h5-9,14-15H,10-13H2,1-4H3,(H,21,23)(H,22,26);1H. The lowest BCUT2D eigenvalue weighted by molar-refractivity contribution is -0.120. The van der Waals surface area contributed by atoms with Crippen molar-refractivity contribution in [1.82, 2.24) is 20.5 Å². The molecule has 0 radical (unpaired) electrons. The summed E-state index contributed by atoms with van der Waals surface area (Å²) in [5.41, 5.74) is 2.15. The van der Waals surface area contributed by atoms with E-state index >= 15 is 0 Å². The first-order valence-corrected chi connectivity index (χ1v) is 10.1. The zero-order chi connectivity index (χ0) is 20.4. The number of carbonyl (C=O) groups excluding carboxylic acids is 1. The zero-order valence-electron chi connectivity index (χ0n) is 17.3. The second-order valence-corrected chi connectivity index (χ2v) is 7.29. The SMILES string of the molecule is CN=C(NCC(=O)NCCc1ccccc1)N(C)Cc1csc(C(C)OC)n1.I. The van der Waals surface area contributed by atoms with Gasteiger partial charge in [-0.2, -0.15) is 0 Å². The molecule has 9 heteroatoms. The van der Waals surface area contributed by atoms with Gasteiger partial charge in [0.25, 0.3) is 0 Å². The molecular weight excluding hydrogens is 501 g/mol. The van der Waals surface area contributed by atoms with Crippen LogP contribution < -0.4 is 10.6 Å². The Morgan fingerprint density at radius 1 is 1.31 bits per heavy atom. The lowest BCUT2D eigenvalue weighted by atomic mass is 10.1. The number of nitrogens with one attached hydrogen (secondary N) is 2. The quantitative estimate of drug-likeness (QED) is 0.296. The number of halogens is 1. The fraction of sp³-hybridized carbons (Fsp3) is 0.450. The van der Waals surface area contributed by atoms with E-state index in [0.29, 0.717) is 19.0 Å². The molecule has 7 nitrogen and oxygen atoms in total. The molecule has 0 fully saturated rings. The average molecular weight is 531 g/mol. The number of aromatic nitrogens is 1. The summed E-state index contributed by atoms with van der Waals surface area (Å²) >= 11 is 1.58. The third-order valence-electron chi connectivity index (χ3n) is 4.23. The second kappa shape index (κ2) is 13.5. The number of benzene rings is 1. The van der Waals surface area contributed by atoms with Crippen molar-refractivity contribution in [1.29, 1.82) is 0 Å². The smallest absolute Gasteiger partial charge is 0.239 e. The van der Waals surface area contributed by atoms with Gasteiger partial charge in [-0.3, -0.25) is 9.79 Å². The van der Waals surface area contributed by atoms with Crippen LogP contribution in [0.2, 0.25) is 0 Å². The number of ether oxygens (including phenoxy) is 1. The first-order chi connectivity index (χ1) is 13.5. The van der Waals surface area contributed by atoms with Gasteiger partial charge in [0.1, 0.15) is 11.1 Å². The van der Waals surface area contributed by atoms with Crippen LogP contribution in [0.1, 0.15) is 29.3 Å². The van der Waals surface area contributed by atoms with Crippen molar-refractivity contribution in [2.75, 3.05) is 34.3 Å². The lowest BCUT2D eigenvalue weighted by Gasteiger charge is -2.21. The highest BCUT2D eigenvalue weighted by Crippen LogP contribution is 2.20. The number of nitrogens with zero attached hydrogens (tertiary/aromatic N) is 3. The predicted octanol–water partition coefficient (Wildman–Crippen LogP) is 2.83. The Morgan fingerprint density at radius 2 is 2.03 bits per heavy atom. The van der Waals surface area contributed by atoms with E-state index in [9.17, 15) is 4.79 Å². The van der Waals surface area contributed by atoms with Gasteiger partial charge in [-0.15, -0.1) is 35.3 Å². The van der Waals surface area contributed by atoms with Crippen LogP contribution in [0.5, 0.6) is 0 Å². The van der Waals surface area contributed by atoms with Gasteiger partial charge in [-0.25, -0.2) is 4.98 Å². The van der Waals surface area contributed by atoms with Crippen molar-refractivity contribution in [3.05, 3.63) is 52.0 Å². The number of aliphatic imine (C=N–C) groups is 1. The van der Waals surface area contributed by atoms with Crippen LogP contribution >= 0.6 is 35.3 Å². The molecule has 1 atom stereocenters. The molecule has 1 heterocycles. The molecule has 0 bridgehead atoms. The largest absolute Gasteiger partial charge is 0.375 e. The average Bonchev–Trinajstić information content (AvgIpc) is 3.17. The molecule has 1 aromatic carbocycles. The molecule has 0 aliphatic rings. The Balaban J connectivity index is 0.00000420. The van der Waals surface area contributed by atoms with Gasteiger partial charge in [0.15, 0.2) is 5.96 Å². The van der Waals surface area contributed by atoms with Crippen LogP contribution in [0.3, 0.4) is 0 Å². The molecule has 0 spiro atoms. The van der Waals surface area contributed by atoms with Crippen molar-refractivity contribution in [2.45, 2.75) is 26.0 Å². The fourth-order valence-corrected chi connectivity index (χ4v) is 3.44. The normalized spacial score (nSPS) is 12.1. The first-order valence-electron chi connectivity index (χ1n) is 9.23. The highest BCUT2D eigenvalue weighted by molar-refractivity contribution is 14.0. The third kappa shape index (κ3) is 8.67. The van der Waals surface area contributed by atoms with Gasteiger partial charge >= 0.3 is 0 Å². The summed E-state index contributed by atoms with van der Waals surface area (Å²) < 4.78 is 5.30. The third-order valence-corrected chi connectivity index (χ3v) is 5.28. The Hall–Kier alpha value is -1.72. The van der Waals surface area contributed by atoms with Crippen molar-refractivity contribution in [3.8, 4) is 0 Å². The number of amides is 1. The maximum atomic E-state index is 12.1. The van der Waals surface area contributed by atoms with Crippen LogP contribution in [-0.4, -0.2) is 56.0 Å². The molecule has 2 rings (SSSR count). The minimum atomic E-state index is -0.0599. The van der Waals surface area contributed by atoms with E-state index in [1.54, 1.807) is 25.5 Å². The molecule has 29 heavy (non-hydrogen) atoms. The number of hydrogen-bond acceptors (Lipinski definition) is 5. The van der Waals surface area contributed by atoms with Crippen molar-refractivity contribution >= 4 is 47.2 Å². The minimum absolute atomic E-state index is 0. The summed E-state index contributed by atoms with van der Waals surface area (Å²) in [6.45, 7) is 3.36. The summed E-state index contributed by atoms with van der Waals surface area (Å²) in [7, 11) is 5.29. The summed E-state index contributed by atoms with van der Waals surface area (Å²) in [5, 5.41) is 8.98. The van der Waals surface area contributed by atoms with E-state index in [4.69, 9.17) is 4.74 Å². The van der Waals surface area contributed by atoms with Crippen LogP contribution in [0.15, 0.2) is 40.7 Å². The Kier molecular flexibility index (Phi) is 11.8. The molecular formula is C20H30IN5O2S. The molecule has 0 aliphatic carbocycles. The Bertz CT molecular complexity index is 769. The minimum Gasteiger partial charge on any atom is -0.375 e. The predicted molar refractivity (Wildman–Crippen MR) is 129 cm³/mol. The van der Waals surface area contributed by atoms with Gasteiger partial charge in [-0.1, -0.05) is 30.3 Å². The van der Waals surface area contributed by atoms with Gasteiger partial charge in [0.2, 0.25) is 5.91 Å². The number of guanidine groups is 1. The van der Waals surface area contributed by atoms with E-state index in [2.05, 4.69) is 32.7 Å². The molecule has 1 aromatic heterocycles. The molecule has 0 aliphatic heterocycles. The number of rotatable bonds is 9. The van der Waals surface area contributed by atoms with E-state index in [1.165, 1.54) is 5.56 Å². The Morgan fingerprint density at radius 3 is 2.69 bits per heavy atom. The lowest BCUT2D eigenvalue weighted by Crippen LogP contribution is -2.44. The van der Waals surface area contributed by atoms with Crippen LogP contribution in [0.4, 0.5) is 0 Å². The second-order valence-electron chi connectivity index (χ2n) is 6.40. The summed E-state index contributed by atoms with van der Waals surface area (Å²) in [6, 6.07) is 10.1. The summed E-state index contributed by atoms with van der Waals surface area (Å²) in [5.74, 6) is 0.586. The van der Waals surface area contributed by atoms with Gasteiger partial charge < -0.3 is 20.3 Å². The van der Waals surface area contributed by atoms with Gasteiger partial charge in [-0.05, 0) is 18.9 Å². The first kappa shape index (κ1) is 25.3. The van der Waals surface area contributed by atoms with Gasteiger partial charge in [0.05, 0.1) is 18.8 Å². The van der Waals surface area contributed by atoms with E-state index in [0.717, 1.165) is 17.1 Å². The van der Waals surface area contributed by atoms with Crippen LogP contribution in [0.25, 0.3) is 0 Å². The summed E-state index contributed by atoms with van der Waals surface area (Å²) in [4.78, 5) is 22.8. The fourth-order valence-electron chi connectivity index (χ4n) is 2.60. The zero-order valence-corrected chi connectivity index (χ0v) is 20.5. The highest BCUT2D eigenvalue weighted by Gasteiger charge is 2.13. The van der Waals surface area contributed by atoms with Gasteiger partial charge in [0, 0.05) is 33.1 Å². The van der Waals surface area contributed by atoms with E-state index in [-0.39, 0.29) is 42.5 Å². The van der Waals surface area contributed by atoms with Crippen LogP contribution in [-0.2, 0) is 22.5 Å². The Labute approximate surface area is 194 Å². The van der Waals surface area contributed by atoms with Crippen LogP contribution in [0, 0.1) is 0 Å². The monoisotopic (exact) mass is 531 g/mol. The molecule has 160 valence electrons. The topological polar surface area (TPSA) is 78.9 Å². The van der Waals surface area contributed by atoms with E-state index < -0.39 is 0 Å². The van der Waals surface area contributed by atoms with E-state index in [1.807, 2.05) is 42.5 Å². The number of carbonyl (C=O) groups is 1. The summed E-state index contributed by atoms with van der Waals surface area (Å²) in [6.07, 6.45) is 0.800. The molecule has 1 amide bonds. The number of thiazole rings is 1.